The van der Waals surface area contributed by atoms with E-state index in [1.54, 1.807) is 37.3 Å². The molecular weight excluding hydrogens is 379 g/mol. The molecule has 0 aliphatic rings. The Morgan fingerprint density at radius 1 is 1.04 bits per heavy atom. The lowest BCUT2D eigenvalue weighted by atomic mass is 10.2. The maximum absolute atomic E-state index is 12.4. The minimum absolute atomic E-state index is 0.249. The molecule has 26 heavy (non-hydrogen) atoms. The second kappa shape index (κ2) is 8.78. The predicted octanol–water partition coefficient (Wildman–Crippen LogP) is 4.37. The molecule has 0 aliphatic carbocycles. The molecule has 6 nitrogen and oxygen atoms in total. The fraction of sp³-hybridized carbons (Fsp3) is 0.222. The van der Waals surface area contributed by atoms with E-state index in [2.05, 4.69) is 10.6 Å². The van der Waals surface area contributed by atoms with Gasteiger partial charge in [0.15, 0.2) is 6.10 Å². The first-order chi connectivity index (χ1) is 12.3. The summed E-state index contributed by atoms with van der Waals surface area (Å²) >= 11 is 11.9. The van der Waals surface area contributed by atoms with Crippen LogP contribution in [-0.4, -0.2) is 25.0 Å². The van der Waals surface area contributed by atoms with Gasteiger partial charge in [-0.1, -0.05) is 23.2 Å². The van der Waals surface area contributed by atoms with Crippen molar-refractivity contribution in [2.24, 2.45) is 0 Å². The monoisotopic (exact) mass is 396 g/mol. The van der Waals surface area contributed by atoms with Crippen molar-refractivity contribution in [3.63, 3.8) is 0 Å². The van der Waals surface area contributed by atoms with Crippen molar-refractivity contribution < 1.29 is 19.1 Å². The average molecular weight is 397 g/mol. The van der Waals surface area contributed by atoms with Crippen molar-refractivity contribution in [3.8, 4) is 11.5 Å². The minimum Gasteiger partial charge on any atom is -0.495 e. The van der Waals surface area contributed by atoms with E-state index in [-0.39, 0.29) is 11.8 Å². The van der Waals surface area contributed by atoms with Crippen LogP contribution in [0.3, 0.4) is 0 Å². The molecular formula is C18H18Cl2N2O4. The van der Waals surface area contributed by atoms with Gasteiger partial charge >= 0.3 is 0 Å². The Labute approximate surface area is 161 Å². The van der Waals surface area contributed by atoms with E-state index in [4.69, 9.17) is 32.7 Å². The molecule has 0 spiro atoms. The molecule has 0 fully saturated rings. The lowest BCUT2D eigenvalue weighted by Gasteiger charge is -2.17. The summed E-state index contributed by atoms with van der Waals surface area (Å²) in [6.45, 7) is 2.98. The molecule has 2 aromatic carbocycles. The summed E-state index contributed by atoms with van der Waals surface area (Å²) in [5.74, 6) is 0.207. The zero-order valence-electron chi connectivity index (χ0n) is 14.4. The van der Waals surface area contributed by atoms with Gasteiger partial charge in [-0.3, -0.25) is 9.59 Å². The number of ether oxygens (including phenoxy) is 2. The van der Waals surface area contributed by atoms with Gasteiger partial charge in [-0.25, -0.2) is 0 Å². The van der Waals surface area contributed by atoms with Crippen LogP contribution >= 0.6 is 23.2 Å². The van der Waals surface area contributed by atoms with E-state index in [0.29, 0.717) is 32.9 Å². The topological polar surface area (TPSA) is 76.7 Å². The van der Waals surface area contributed by atoms with Crippen molar-refractivity contribution in [3.05, 3.63) is 46.4 Å². The van der Waals surface area contributed by atoms with Gasteiger partial charge < -0.3 is 20.1 Å². The molecule has 1 unspecified atom stereocenters. The first kappa shape index (κ1) is 19.9. The first-order valence-electron chi connectivity index (χ1n) is 7.68. The van der Waals surface area contributed by atoms with Crippen molar-refractivity contribution in [2.75, 3.05) is 17.7 Å². The largest absolute Gasteiger partial charge is 0.495 e. The standard InChI is InChI=1S/C18H18Cl2N2O4/c1-10(26-16-6-4-12(19)8-14(16)20)18(24)22-13-5-7-17(25-3)15(9-13)21-11(2)23/h4-10H,1-3H3,(H,21,23)(H,22,24). The quantitative estimate of drug-likeness (QED) is 0.759. The minimum atomic E-state index is -0.806. The predicted molar refractivity (Wildman–Crippen MR) is 102 cm³/mol. The molecule has 2 rings (SSSR count). The van der Waals surface area contributed by atoms with Crippen LogP contribution in [0.15, 0.2) is 36.4 Å². The number of halogens is 2. The van der Waals surface area contributed by atoms with Gasteiger partial charge in [0.1, 0.15) is 11.5 Å². The van der Waals surface area contributed by atoms with Crippen molar-refractivity contribution in [1.29, 1.82) is 0 Å². The van der Waals surface area contributed by atoms with Gasteiger partial charge in [0, 0.05) is 17.6 Å². The summed E-state index contributed by atoms with van der Waals surface area (Å²) in [7, 11) is 1.49. The Morgan fingerprint density at radius 3 is 2.35 bits per heavy atom. The Hall–Kier alpha value is -2.44. The summed E-state index contributed by atoms with van der Waals surface area (Å²) in [5.41, 5.74) is 0.935. The van der Waals surface area contributed by atoms with Crippen LogP contribution in [0.1, 0.15) is 13.8 Å². The Bertz CT molecular complexity index is 827. The number of carbonyl (C=O) groups excluding carboxylic acids is 2. The third-order valence-corrected chi connectivity index (χ3v) is 3.88. The highest BCUT2D eigenvalue weighted by Gasteiger charge is 2.17. The highest BCUT2D eigenvalue weighted by molar-refractivity contribution is 6.35. The molecule has 0 saturated heterocycles. The molecule has 138 valence electrons. The molecule has 2 N–H and O–H groups in total. The number of carbonyl (C=O) groups is 2. The summed E-state index contributed by atoms with van der Waals surface area (Å²) in [4.78, 5) is 23.6. The number of nitrogens with one attached hydrogen (secondary N) is 2. The Morgan fingerprint density at radius 2 is 1.73 bits per heavy atom. The maximum atomic E-state index is 12.4. The van der Waals surface area contributed by atoms with Crippen molar-refractivity contribution in [1.82, 2.24) is 0 Å². The molecule has 0 saturated carbocycles. The first-order valence-corrected chi connectivity index (χ1v) is 8.44. The van der Waals surface area contributed by atoms with Gasteiger partial charge in [-0.2, -0.15) is 0 Å². The average Bonchev–Trinajstić information content (AvgIpc) is 2.57. The molecule has 8 heteroatoms. The fourth-order valence-electron chi connectivity index (χ4n) is 2.13. The fourth-order valence-corrected chi connectivity index (χ4v) is 2.58. The zero-order chi connectivity index (χ0) is 19.3. The smallest absolute Gasteiger partial charge is 0.265 e. The van der Waals surface area contributed by atoms with Crippen LogP contribution in [0, 0.1) is 0 Å². The van der Waals surface area contributed by atoms with Crippen molar-refractivity contribution >= 4 is 46.4 Å². The van der Waals surface area contributed by atoms with Crippen LogP contribution in [0.2, 0.25) is 10.0 Å². The van der Waals surface area contributed by atoms with Gasteiger partial charge in [-0.15, -0.1) is 0 Å². The number of methoxy groups -OCH3 is 1. The normalized spacial score (nSPS) is 11.4. The lowest BCUT2D eigenvalue weighted by molar-refractivity contribution is -0.122. The molecule has 1 atom stereocenters. The highest BCUT2D eigenvalue weighted by Crippen LogP contribution is 2.29. The van der Waals surface area contributed by atoms with Crippen LogP contribution in [0.25, 0.3) is 0 Å². The van der Waals surface area contributed by atoms with Crippen LogP contribution < -0.4 is 20.1 Å². The van der Waals surface area contributed by atoms with E-state index in [1.807, 2.05) is 0 Å². The maximum Gasteiger partial charge on any atom is 0.265 e. The van der Waals surface area contributed by atoms with Crippen LogP contribution in [0.5, 0.6) is 11.5 Å². The number of hydrogen-bond donors (Lipinski definition) is 2. The summed E-state index contributed by atoms with van der Waals surface area (Å²) in [5, 5.41) is 6.15. The van der Waals surface area contributed by atoms with E-state index < -0.39 is 6.10 Å². The third-order valence-electron chi connectivity index (χ3n) is 3.34. The number of rotatable bonds is 6. The van der Waals surface area contributed by atoms with Crippen LogP contribution in [-0.2, 0) is 9.59 Å². The van der Waals surface area contributed by atoms with Crippen LogP contribution in [0.4, 0.5) is 11.4 Å². The molecule has 2 amide bonds. The molecule has 0 aromatic heterocycles. The van der Waals surface area contributed by atoms with E-state index >= 15 is 0 Å². The van der Waals surface area contributed by atoms with E-state index in [0.717, 1.165) is 0 Å². The third kappa shape index (κ3) is 5.28. The number of hydrogen-bond acceptors (Lipinski definition) is 4. The Kier molecular flexibility index (Phi) is 6.71. The lowest BCUT2D eigenvalue weighted by Crippen LogP contribution is -2.30. The van der Waals surface area contributed by atoms with Gasteiger partial charge in [0.25, 0.3) is 5.91 Å². The van der Waals surface area contributed by atoms with Gasteiger partial charge in [0.2, 0.25) is 5.91 Å². The molecule has 0 aliphatic heterocycles. The van der Waals surface area contributed by atoms with Gasteiger partial charge in [-0.05, 0) is 43.3 Å². The second-order valence-corrected chi connectivity index (χ2v) is 6.26. The van der Waals surface area contributed by atoms with Crippen molar-refractivity contribution in [2.45, 2.75) is 20.0 Å². The molecule has 0 bridgehead atoms. The highest BCUT2D eigenvalue weighted by atomic mass is 35.5. The van der Waals surface area contributed by atoms with Gasteiger partial charge in [0.05, 0.1) is 17.8 Å². The summed E-state index contributed by atoms with van der Waals surface area (Å²) in [6.07, 6.45) is -0.806. The zero-order valence-corrected chi connectivity index (χ0v) is 15.9. The SMILES string of the molecule is COc1ccc(NC(=O)C(C)Oc2ccc(Cl)cc2Cl)cc1NC(C)=O. The van der Waals surface area contributed by atoms with E-state index in [1.165, 1.54) is 20.1 Å². The summed E-state index contributed by atoms with van der Waals surface area (Å²) in [6, 6.07) is 9.65. The summed E-state index contributed by atoms with van der Waals surface area (Å²) < 4.78 is 10.8. The van der Waals surface area contributed by atoms with E-state index in [9.17, 15) is 9.59 Å². The molecule has 2 aromatic rings. The number of amides is 2. The number of benzene rings is 2. The molecule has 0 radical (unpaired) electrons. The molecule has 0 heterocycles. The number of anilines is 2. The Balaban J connectivity index is 2.09. The second-order valence-electron chi connectivity index (χ2n) is 5.42.